The van der Waals surface area contributed by atoms with Crippen LogP contribution >= 0.6 is 0 Å². The summed E-state index contributed by atoms with van der Waals surface area (Å²) in [6, 6.07) is 12.2. The van der Waals surface area contributed by atoms with Crippen molar-refractivity contribution in [2.45, 2.75) is 38.5 Å². The predicted molar refractivity (Wildman–Crippen MR) is 142 cm³/mol. The SMILES string of the molecule is CCNC(=O)[C@@H]1CCCN1Cc1cc(Oc2ccc3c(ccn3C(=O)Nc3cccc(C(F)(F)F)c3)c2)ncn1. The number of carbonyl (C=O) groups excluding carboxylic acids is 2. The Kier molecular flexibility index (Phi) is 7.69. The number of hydrogen-bond donors (Lipinski definition) is 2. The average molecular weight is 553 g/mol. The number of carbonyl (C=O) groups is 2. The summed E-state index contributed by atoms with van der Waals surface area (Å²) in [6.45, 7) is 3.77. The van der Waals surface area contributed by atoms with E-state index in [1.165, 1.54) is 29.2 Å². The molecule has 1 aliphatic rings. The van der Waals surface area contributed by atoms with E-state index >= 15 is 0 Å². The van der Waals surface area contributed by atoms with Crippen LogP contribution in [0.3, 0.4) is 0 Å². The van der Waals surface area contributed by atoms with Crippen molar-refractivity contribution in [2.75, 3.05) is 18.4 Å². The summed E-state index contributed by atoms with van der Waals surface area (Å²) in [6.07, 6.45) is 0.172. The van der Waals surface area contributed by atoms with Crippen molar-refractivity contribution < 1.29 is 27.5 Å². The molecule has 1 fully saturated rings. The zero-order valence-electron chi connectivity index (χ0n) is 21.6. The number of ether oxygens (including phenoxy) is 1. The molecule has 0 saturated carbocycles. The predicted octanol–water partition coefficient (Wildman–Crippen LogP) is 5.42. The van der Waals surface area contributed by atoms with Gasteiger partial charge in [-0.2, -0.15) is 13.2 Å². The van der Waals surface area contributed by atoms with E-state index in [1.54, 1.807) is 30.3 Å². The molecule has 2 amide bonds. The van der Waals surface area contributed by atoms with E-state index in [0.29, 0.717) is 35.6 Å². The molecule has 1 atom stereocenters. The lowest BCUT2D eigenvalue weighted by Crippen LogP contribution is -2.42. The minimum absolute atomic E-state index is 0.0225. The Balaban J connectivity index is 1.27. The highest BCUT2D eigenvalue weighted by atomic mass is 19.4. The van der Waals surface area contributed by atoms with Crippen LogP contribution in [0.25, 0.3) is 10.9 Å². The maximum atomic E-state index is 13.0. The standard InChI is InChI=1S/C28H27F3N6O3/c1-2-32-26(38)24-7-4-11-36(24)16-21-15-25(34-17-33-21)40-22-8-9-23-18(13-22)10-12-37(23)27(39)35-20-6-3-5-19(14-20)28(29,30)31/h3,5-6,8-10,12-15,17,24H,2,4,7,11,16H2,1H3,(H,32,38)(H,35,39)/t24-/m0/s1. The zero-order chi connectivity index (χ0) is 28.3. The fourth-order valence-electron chi connectivity index (χ4n) is 4.77. The molecular formula is C28H27F3N6O3. The first-order valence-corrected chi connectivity index (χ1v) is 12.8. The molecule has 2 aromatic heterocycles. The first kappa shape index (κ1) is 27.1. The molecule has 2 aromatic carbocycles. The van der Waals surface area contributed by atoms with Crippen molar-refractivity contribution in [1.82, 2.24) is 24.8 Å². The summed E-state index contributed by atoms with van der Waals surface area (Å²) < 4.78 is 46.3. The summed E-state index contributed by atoms with van der Waals surface area (Å²) in [5.74, 6) is 0.837. The number of likely N-dealkylation sites (tertiary alicyclic amines) is 1. The van der Waals surface area contributed by atoms with Gasteiger partial charge in [-0.05, 0) is 68.8 Å². The number of hydrogen-bond acceptors (Lipinski definition) is 6. The molecule has 0 bridgehead atoms. The van der Waals surface area contributed by atoms with Gasteiger partial charge in [0.05, 0.1) is 22.8 Å². The number of fused-ring (bicyclic) bond motifs is 1. The summed E-state index contributed by atoms with van der Waals surface area (Å²) in [7, 11) is 0. The lowest BCUT2D eigenvalue weighted by molar-refractivity contribution is -0.137. The second-order valence-corrected chi connectivity index (χ2v) is 9.39. The highest BCUT2D eigenvalue weighted by Crippen LogP contribution is 2.31. The minimum Gasteiger partial charge on any atom is -0.439 e. The van der Waals surface area contributed by atoms with Gasteiger partial charge in [0, 0.05) is 36.4 Å². The third-order valence-electron chi connectivity index (χ3n) is 6.63. The number of rotatable bonds is 7. The van der Waals surface area contributed by atoms with E-state index in [1.807, 2.05) is 6.92 Å². The Bertz CT molecular complexity index is 1540. The number of aromatic nitrogens is 3. The third-order valence-corrected chi connectivity index (χ3v) is 6.63. The number of halogens is 3. The van der Waals surface area contributed by atoms with Crippen molar-refractivity contribution in [3.8, 4) is 11.6 Å². The van der Waals surface area contributed by atoms with Crippen LogP contribution in [0.1, 0.15) is 31.0 Å². The number of alkyl halides is 3. The monoisotopic (exact) mass is 552 g/mol. The number of benzene rings is 2. The molecule has 0 spiro atoms. The van der Waals surface area contributed by atoms with Crippen LogP contribution in [0.2, 0.25) is 0 Å². The highest BCUT2D eigenvalue weighted by molar-refractivity contribution is 5.98. The molecule has 1 aliphatic heterocycles. The normalized spacial score (nSPS) is 15.8. The number of likely N-dealkylation sites (N-methyl/N-ethyl adjacent to an activating group) is 1. The van der Waals surface area contributed by atoms with Crippen LogP contribution < -0.4 is 15.4 Å². The molecular weight excluding hydrogens is 525 g/mol. The van der Waals surface area contributed by atoms with Gasteiger partial charge in [-0.15, -0.1) is 0 Å². The molecule has 4 aromatic rings. The van der Waals surface area contributed by atoms with Gasteiger partial charge in [-0.3, -0.25) is 14.3 Å². The van der Waals surface area contributed by atoms with E-state index in [-0.39, 0.29) is 17.6 Å². The molecule has 0 unspecified atom stereocenters. The molecule has 1 saturated heterocycles. The van der Waals surface area contributed by atoms with Crippen LogP contribution in [-0.2, 0) is 17.5 Å². The Morgan fingerprint density at radius 3 is 2.75 bits per heavy atom. The van der Waals surface area contributed by atoms with Crippen molar-refractivity contribution in [3.05, 3.63) is 78.4 Å². The van der Waals surface area contributed by atoms with E-state index in [2.05, 4.69) is 25.5 Å². The summed E-state index contributed by atoms with van der Waals surface area (Å²) in [5.41, 5.74) is 0.456. The number of anilines is 1. The molecule has 2 N–H and O–H groups in total. The first-order chi connectivity index (χ1) is 19.2. The van der Waals surface area contributed by atoms with Gasteiger partial charge in [0.1, 0.15) is 12.1 Å². The smallest absolute Gasteiger partial charge is 0.416 e. The van der Waals surface area contributed by atoms with E-state index in [0.717, 1.165) is 37.2 Å². The molecule has 40 heavy (non-hydrogen) atoms. The Hall–Kier alpha value is -4.45. The highest BCUT2D eigenvalue weighted by Gasteiger charge is 2.31. The van der Waals surface area contributed by atoms with Crippen molar-refractivity contribution >= 4 is 28.5 Å². The second-order valence-electron chi connectivity index (χ2n) is 9.39. The van der Waals surface area contributed by atoms with Crippen molar-refractivity contribution in [3.63, 3.8) is 0 Å². The van der Waals surface area contributed by atoms with E-state index < -0.39 is 17.8 Å². The van der Waals surface area contributed by atoms with Gasteiger partial charge < -0.3 is 15.4 Å². The Morgan fingerprint density at radius 1 is 1.10 bits per heavy atom. The van der Waals surface area contributed by atoms with Crippen molar-refractivity contribution in [2.24, 2.45) is 0 Å². The van der Waals surface area contributed by atoms with Crippen LogP contribution in [0.4, 0.5) is 23.7 Å². The fourth-order valence-corrected chi connectivity index (χ4v) is 4.77. The zero-order valence-corrected chi connectivity index (χ0v) is 21.6. The lowest BCUT2D eigenvalue weighted by Gasteiger charge is -2.23. The lowest BCUT2D eigenvalue weighted by atomic mass is 10.2. The number of nitrogens with one attached hydrogen (secondary N) is 2. The van der Waals surface area contributed by atoms with Crippen LogP contribution in [0, 0.1) is 0 Å². The molecule has 5 rings (SSSR count). The quantitative estimate of drug-likeness (QED) is 0.317. The molecule has 208 valence electrons. The van der Waals surface area contributed by atoms with Gasteiger partial charge in [0.25, 0.3) is 0 Å². The van der Waals surface area contributed by atoms with E-state index in [4.69, 9.17) is 4.74 Å². The average Bonchev–Trinajstić information content (AvgIpc) is 3.56. The summed E-state index contributed by atoms with van der Waals surface area (Å²) >= 11 is 0. The van der Waals surface area contributed by atoms with Crippen LogP contribution in [0.15, 0.2) is 67.1 Å². The minimum atomic E-state index is -4.51. The van der Waals surface area contributed by atoms with Gasteiger partial charge in [0.15, 0.2) is 0 Å². The summed E-state index contributed by atoms with van der Waals surface area (Å²) in [4.78, 5) is 35.8. The fraction of sp³-hybridized carbons (Fsp3) is 0.286. The maximum absolute atomic E-state index is 13.0. The molecule has 3 heterocycles. The molecule has 0 aliphatic carbocycles. The second kappa shape index (κ2) is 11.3. The Labute approximate surface area is 228 Å². The van der Waals surface area contributed by atoms with Gasteiger partial charge in [-0.1, -0.05) is 6.07 Å². The first-order valence-electron chi connectivity index (χ1n) is 12.8. The summed E-state index contributed by atoms with van der Waals surface area (Å²) in [5, 5.41) is 6.08. The largest absolute Gasteiger partial charge is 0.439 e. The molecule has 12 heteroatoms. The third kappa shape index (κ3) is 6.07. The number of nitrogens with zero attached hydrogens (tertiary/aromatic N) is 4. The van der Waals surface area contributed by atoms with Crippen LogP contribution in [-0.4, -0.2) is 50.5 Å². The van der Waals surface area contributed by atoms with E-state index in [9.17, 15) is 22.8 Å². The topological polar surface area (TPSA) is 101 Å². The van der Waals surface area contributed by atoms with Crippen molar-refractivity contribution in [1.29, 1.82) is 0 Å². The van der Waals surface area contributed by atoms with Gasteiger partial charge >= 0.3 is 12.2 Å². The molecule has 0 radical (unpaired) electrons. The maximum Gasteiger partial charge on any atom is 0.416 e. The van der Waals surface area contributed by atoms with Crippen LogP contribution in [0.5, 0.6) is 11.6 Å². The van der Waals surface area contributed by atoms with Gasteiger partial charge in [0.2, 0.25) is 11.8 Å². The molecule has 9 nitrogen and oxygen atoms in total. The van der Waals surface area contributed by atoms with Gasteiger partial charge in [-0.25, -0.2) is 14.8 Å². The Morgan fingerprint density at radius 2 is 1.95 bits per heavy atom. The number of amides is 2.